The highest BCUT2D eigenvalue weighted by molar-refractivity contribution is 4.91. The lowest BCUT2D eigenvalue weighted by Crippen LogP contribution is -2.54. The van der Waals surface area contributed by atoms with Crippen LogP contribution in [0.1, 0.15) is 0 Å². The van der Waals surface area contributed by atoms with E-state index in [4.69, 9.17) is 5.73 Å². The first-order chi connectivity index (χ1) is 5.06. The van der Waals surface area contributed by atoms with Gasteiger partial charge in [-0.25, -0.2) is 0 Å². The zero-order valence-corrected chi connectivity index (χ0v) is 5.35. The predicted molar refractivity (Wildman–Crippen MR) is 23.9 cm³/mol. The summed E-state index contributed by atoms with van der Waals surface area (Å²) in [6, 6.07) is 0. The van der Waals surface area contributed by atoms with Gasteiger partial charge in [0.25, 0.3) is 0 Å². The maximum absolute atomic E-state index is 11.8. The zero-order valence-electron chi connectivity index (χ0n) is 5.35. The summed E-state index contributed by atoms with van der Waals surface area (Å²) in [6.07, 6.45) is -6.32. The summed E-state index contributed by atoms with van der Waals surface area (Å²) in [4.78, 5) is 0. The maximum atomic E-state index is 11.8. The summed E-state index contributed by atoms with van der Waals surface area (Å²) in [7, 11) is 0. The molecule has 0 aliphatic carbocycles. The summed E-state index contributed by atoms with van der Waals surface area (Å²) in [5.41, 5.74) is 5.81. The van der Waals surface area contributed by atoms with Crippen LogP contribution < -0.4 is 5.73 Å². The van der Waals surface area contributed by atoms with Crippen molar-refractivity contribution in [1.29, 1.82) is 0 Å². The SMILES string of the molecule is [NH]CC(F)(F)C(F)(F)C(F)(F)F. The topological polar surface area (TPSA) is 23.8 Å². The highest BCUT2D eigenvalue weighted by atomic mass is 19.4. The Kier molecular flexibility index (Phi) is 2.63. The number of alkyl halides is 7. The van der Waals surface area contributed by atoms with Crippen molar-refractivity contribution in [2.24, 2.45) is 0 Å². The molecule has 0 unspecified atom stereocenters. The van der Waals surface area contributed by atoms with E-state index in [1.807, 2.05) is 0 Å². The molecule has 1 N–H and O–H groups in total. The Bertz CT molecular complexity index is 159. The lowest BCUT2D eigenvalue weighted by molar-refractivity contribution is -0.351. The Labute approximate surface area is 62.3 Å². The number of hydrogen-bond acceptors (Lipinski definition) is 0. The van der Waals surface area contributed by atoms with Gasteiger partial charge >= 0.3 is 18.0 Å². The van der Waals surface area contributed by atoms with E-state index in [0.717, 1.165) is 0 Å². The number of hydrogen-bond donors (Lipinski definition) is 0. The monoisotopic (exact) mass is 198 g/mol. The van der Waals surface area contributed by atoms with E-state index < -0.39 is 24.6 Å². The normalized spacial score (nSPS) is 15.0. The van der Waals surface area contributed by atoms with Crippen LogP contribution in [0.25, 0.3) is 0 Å². The Hall–Kier alpha value is -0.530. The van der Waals surface area contributed by atoms with Gasteiger partial charge in [-0.1, -0.05) is 0 Å². The van der Waals surface area contributed by atoms with Crippen LogP contribution in [0, 0.1) is 0 Å². The first kappa shape index (κ1) is 11.5. The Balaban J connectivity index is 4.85. The van der Waals surface area contributed by atoms with Gasteiger partial charge in [-0.3, -0.25) is 5.73 Å². The van der Waals surface area contributed by atoms with Crippen molar-refractivity contribution in [1.82, 2.24) is 5.73 Å². The van der Waals surface area contributed by atoms with Gasteiger partial charge in [-0.05, 0) is 0 Å². The molecule has 0 saturated carbocycles. The molecule has 8 heteroatoms. The molecule has 0 heterocycles. The smallest absolute Gasteiger partial charge is 0.251 e. The highest BCUT2D eigenvalue weighted by Gasteiger charge is 2.72. The predicted octanol–water partition coefficient (Wildman–Crippen LogP) is 2.10. The second-order valence-corrected chi connectivity index (χ2v) is 1.95. The molecule has 0 saturated heterocycles. The van der Waals surface area contributed by atoms with Gasteiger partial charge in [0.05, 0.1) is 6.54 Å². The van der Waals surface area contributed by atoms with Crippen LogP contribution in [-0.2, 0) is 0 Å². The molecular formula is C4H3F7N. The molecule has 0 aliphatic heterocycles. The van der Waals surface area contributed by atoms with E-state index in [1.165, 1.54) is 0 Å². The van der Waals surface area contributed by atoms with E-state index in [9.17, 15) is 30.7 Å². The fraction of sp³-hybridized carbons (Fsp3) is 1.00. The minimum atomic E-state index is -6.32. The summed E-state index contributed by atoms with van der Waals surface area (Å²) >= 11 is 0. The van der Waals surface area contributed by atoms with Gasteiger partial charge in [-0.2, -0.15) is 30.7 Å². The molecule has 0 rings (SSSR count). The molecule has 0 aromatic carbocycles. The Morgan fingerprint density at radius 2 is 1.17 bits per heavy atom. The van der Waals surface area contributed by atoms with Crippen LogP contribution in [0.5, 0.6) is 0 Å². The second-order valence-electron chi connectivity index (χ2n) is 1.95. The molecule has 0 aromatic heterocycles. The van der Waals surface area contributed by atoms with Crippen molar-refractivity contribution in [2.45, 2.75) is 18.0 Å². The summed E-state index contributed by atoms with van der Waals surface area (Å²) in [6.45, 7) is -2.31. The van der Waals surface area contributed by atoms with Crippen molar-refractivity contribution in [2.75, 3.05) is 6.54 Å². The first-order valence-corrected chi connectivity index (χ1v) is 2.53. The molecule has 0 atom stereocenters. The Morgan fingerprint density at radius 3 is 1.25 bits per heavy atom. The van der Waals surface area contributed by atoms with Crippen molar-refractivity contribution in [3.63, 3.8) is 0 Å². The van der Waals surface area contributed by atoms with Crippen LogP contribution in [0.2, 0.25) is 0 Å². The molecule has 73 valence electrons. The first-order valence-electron chi connectivity index (χ1n) is 2.53. The number of nitrogens with one attached hydrogen (secondary N) is 1. The quantitative estimate of drug-likeness (QED) is 0.606. The Morgan fingerprint density at radius 1 is 0.833 bits per heavy atom. The van der Waals surface area contributed by atoms with Gasteiger partial charge in [0.1, 0.15) is 0 Å². The summed E-state index contributed by atoms with van der Waals surface area (Å²) < 4.78 is 80.6. The van der Waals surface area contributed by atoms with E-state index in [1.54, 1.807) is 0 Å². The summed E-state index contributed by atoms with van der Waals surface area (Å²) in [5, 5.41) is 0. The molecule has 0 spiro atoms. The van der Waals surface area contributed by atoms with Crippen molar-refractivity contribution in [3.05, 3.63) is 0 Å². The minimum absolute atomic E-state index is 2.31. The van der Waals surface area contributed by atoms with Crippen LogP contribution in [0.4, 0.5) is 30.7 Å². The van der Waals surface area contributed by atoms with Crippen LogP contribution in [0.3, 0.4) is 0 Å². The molecule has 0 amide bonds. The highest BCUT2D eigenvalue weighted by Crippen LogP contribution is 2.45. The third-order valence-corrected chi connectivity index (χ3v) is 1.04. The molecular weight excluding hydrogens is 195 g/mol. The average molecular weight is 198 g/mol. The van der Waals surface area contributed by atoms with Gasteiger partial charge in [-0.15, -0.1) is 0 Å². The van der Waals surface area contributed by atoms with Crippen molar-refractivity contribution < 1.29 is 30.7 Å². The van der Waals surface area contributed by atoms with E-state index >= 15 is 0 Å². The van der Waals surface area contributed by atoms with Crippen molar-refractivity contribution in [3.8, 4) is 0 Å². The van der Waals surface area contributed by atoms with Crippen molar-refractivity contribution >= 4 is 0 Å². The van der Waals surface area contributed by atoms with Gasteiger partial charge in [0.15, 0.2) is 0 Å². The average Bonchev–Trinajstić information content (AvgIpc) is 1.85. The standard InChI is InChI=1S/C4H3F7N/c5-2(6,1-12)3(7,8)4(9,10)11/h12H,1H2. The molecule has 0 bridgehead atoms. The largest absolute Gasteiger partial charge is 0.459 e. The third-order valence-electron chi connectivity index (χ3n) is 1.04. The lowest BCUT2D eigenvalue weighted by atomic mass is 10.1. The fourth-order valence-electron chi connectivity index (χ4n) is 0.318. The molecule has 1 nitrogen and oxygen atoms in total. The zero-order chi connectivity index (χ0) is 10.2. The summed E-state index contributed by atoms with van der Waals surface area (Å²) in [5.74, 6) is -11.5. The van der Waals surface area contributed by atoms with Crippen LogP contribution in [0.15, 0.2) is 0 Å². The third kappa shape index (κ3) is 1.62. The molecule has 12 heavy (non-hydrogen) atoms. The maximum Gasteiger partial charge on any atom is 0.459 e. The van der Waals surface area contributed by atoms with Crippen LogP contribution in [-0.4, -0.2) is 24.6 Å². The number of rotatable bonds is 2. The van der Waals surface area contributed by atoms with Gasteiger partial charge in [0, 0.05) is 0 Å². The van der Waals surface area contributed by atoms with Crippen LogP contribution >= 0.6 is 0 Å². The second kappa shape index (κ2) is 2.75. The van der Waals surface area contributed by atoms with Gasteiger partial charge < -0.3 is 0 Å². The number of halogens is 7. The van der Waals surface area contributed by atoms with Gasteiger partial charge in [0.2, 0.25) is 0 Å². The molecule has 0 fully saturated rings. The van der Waals surface area contributed by atoms with E-state index in [-0.39, 0.29) is 0 Å². The molecule has 0 aliphatic rings. The van der Waals surface area contributed by atoms with E-state index in [2.05, 4.69) is 0 Å². The minimum Gasteiger partial charge on any atom is -0.251 e. The molecule has 0 aromatic rings. The van der Waals surface area contributed by atoms with E-state index in [0.29, 0.717) is 0 Å². The lowest BCUT2D eigenvalue weighted by Gasteiger charge is -2.26. The fourth-order valence-corrected chi connectivity index (χ4v) is 0.318. The molecule has 1 radical (unpaired) electrons.